The number of allylic oxidation sites excluding steroid dienone is 1. The van der Waals surface area contributed by atoms with Crippen LogP contribution < -0.4 is 9.47 Å². The molecule has 0 amide bonds. The first-order valence-electron chi connectivity index (χ1n) is 9.22. The number of Topliss-reactive ketones (excluding diaryl/α,β-unsaturated/α-hetero) is 1. The van der Waals surface area contributed by atoms with Crippen LogP contribution in [0, 0.1) is 0 Å². The van der Waals surface area contributed by atoms with Gasteiger partial charge in [0.25, 0.3) is 0 Å². The number of ketones is 1. The van der Waals surface area contributed by atoms with Crippen molar-refractivity contribution in [3.63, 3.8) is 0 Å². The van der Waals surface area contributed by atoms with Gasteiger partial charge in [0.1, 0.15) is 23.9 Å². The average molecular weight is 383 g/mol. The monoisotopic (exact) mass is 383 g/mol. The van der Waals surface area contributed by atoms with Gasteiger partial charge in [-0.1, -0.05) is 30.3 Å². The molecule has 1 aliphatic heterocycles. The van der Waals surface area contributed by atoms with Crippen molar-refractivity contribution in [3.8, 4) is 17.2 Å². The smallest absolute Gasteiger partial charge is 0.231 e. The lowest BCUT2D eigenvalue weighted by molar-refractivity contribution is 0.101. The third kappa shape index (κ3) is 3.23. The van der Waals surface area contributed by atoms with E-state index in [0.717, 1.165) is 27.8 Å². The predicted molar refractivity (Wildman–Crippen MR) is 110 cm³/mol. The van der Waals surface area contributed by atoms with Gasteiger partial charge in [0.05, 0.1) is 5.56 Å². The summed E-state index contributed by atoms with van der Waals surface area (Å²) in [6.45, 7) is 0.480. The first-order chi connectivity index (χ1) is 14.2. The molecule has 2 heterocycles. The van der Waals surface area contributed by atoms with E-state index in [1.807, 2.05) is 54.7 Å². The molecule has 29 heavy (non-hydrogen) atoms. The SMILES string of the molecule is O=C1/C(=C/c2c[nH]c3ccc(OCc4ccccc4)cc23)Oc2cc(O)ccc21. The van der Waals surface area contributed by atoms with Crippen molar-refractivity contribution < 1.29 is 19.4 Å². The summed E-state index contributed by atoms with van der Waals surface area (Å²) in [6, 6.07) is 20.3. The summed E-state index contributed by atoms with van der Waals surface area (Å²) in [4.78, 5) is 15.8. The highest BCUT2D eigenvalue weighted by Gasteiger charge is 2.27. The van der Waals surface area contributed by atoms with Crippen molar-refractivity contribution in [2.75, 3.05) is 0 Å². The second-order valence-corrected chi connectivity index (χ2v) is 6.85. The number of aromatic hydroxyl groups is 1. The van der Waals surface area contributed by atoms with Crippen LogP contribution in [0.1, 0.15) is 21.5 Å². The van der Waals surface area contributed by atoms with Gasteiger partial charge in [0.2, 0.25) is 5.78 Å². The fraction of sp³-hybridized carbons (Fsp3) is 0.0417. The van der Waals surface area contributed by atoms with Crippen LogP contribution in [0.5, 0.6) is 17.2 Å². The number of phenols is 1. The molecule has 5 heteroatoms. The highest BCUT2D eigenvalue weighted by molar-refractivity contribution is 6.15. The van der Waals surface area contributed by atoms with Gasteiger partial charge in [0, 0.05) is 28.7 Å². The number of fused-ring (bicyclic) bond motifs is 2. The molecule has 142 valence electrons. The summed E-state index contributed by atoms with van der Waals surface area (Å²) in [7, 11) is 0. The molecule has 0 unspecified atom stereocenters. The van der Waals surface area contributed by atoms with Gasteiger partial charge >= 0.3 is 0 Å². The van der Waals surface area contributed by atoms with Crippen molar-refractivity contribution in [3.05, 3.63) is 95.4 Å². The average Bonchev–Trinajstić information content (AvgIpc) is 3.28. The Hall–Kier alpha value is -3.99. The molecule has 2 N–H and O–H groups in total. The zero-order chi connectivity index (χ0) is 19.8. The summed E-state index contributed by atoms with van der Waals surface area (Å²) in [5.41, 5.74) is 3.30. The van der Waals surface area contributed by atoms with Crippen LogP contribution in [-0.2, 0) is 6.61 Å². The Bertz CT molecular complexity index is 1250. The Kier molecular flexibility index (Phi) is 4.06. The zero-order valence-corrected chi connectivity index (χ0v) is 15.4. The van der Waals surface area contributed by atoms with E-state index in [4.69, 9.17) is 9.47 Å². The quantitative estimate of drug-likeness (QED) is 0.483. The Morgan fingerprint density at radius 1 is 1.03 bits per heavy atom. The molecule has 0 spiro atoms. The molecular formula is C24H17NO4. The number of benzene rings is 3. The number of phenolic OH excluding ortho intramolecular Hbond substituents is 1. The number of ether oxygens (including phenoxy) is 2. The molecule has 5 nitrogen and oxygen atoms in total. The first-order valence-corrected chi connectivity index (χ1v) is 9.22. The third-order valence-electron chi connectivity index (χ3n) is 4.87. The van der Waals surface area contributed by atoms with Crippen molar-refractivity contribution in [1.82, 2.24) is 4.98 Å². The van der Waals surface area contributed by atoms with Crippen LogP contribution in [-0.4, -0.2) is 15.9 Å². The van der Waals surface area contributed by atoms with Gasteiger partial charge in [-0.3, -0.25) is 4.79 Å². The van der Waals surface area contributed by atoms with Crippen LogP contribution in [0.15, 0.2) is 78.7 Å². The van der Waals surface area contributed by atoms with Crippen molar-refractivity contribution in [1.29, 1.82) is 0 Å². The van der Waals surface area contributed by atoms with Gasteiger partial charge in [-0.05, 0) is 42.0 Å². The Morgan fingerprint density at radius 3 is 2.76 bits per heavy atom. The molecule has 0 fully saturated rings. The molecule has 0 atom stereocenters. The van der Waals surface area contributed by atoms with Crippen LogP contribution >= 0.6 is 0 Å². The normalized spacial score (nSPS) is 14.2. The first kappa shape index (κ1) is 17.1. The van der Waals surface area contributed by atoms with Crippen LogP contribution in [0.25, 0.3) is 17.0 Å². The Balaban J connectivity index is 1.44. The van der Waals surface area contributed by atoms with Crippen molar-refractivity contribution in [2.24, 2.45) is 0 Å². The minimum absolute atomic E-state index is 0.0603. The highest BCUT2D eigenvalue weighted by atomic mass is 16.5. The van der Waals surface area contributed by atoms with E-state index in [0.29, 0.717) is 17.9 Å². The minimum atomic E-state index is -0.203. The van der Waals surface area contributed by atoms with E-state index < -0.39 is 0 Å². The van der Waals surface area contributed by atoms with Gasteiger partial charge in [0.15, 0.2) is 5.76 Å². The number of rotatable bonds is 4. The lowest BCUT2D eigenvalue weighted by atomic mass is 10.1. The number of carbonyl (C=O) groups is 1. The Morgan fingerprint density at radius 2 is 1.90 bits per heavy atom. The molecule has 0 saturated heterocycles. The molecule has 1 aliphatic rings. The number of hydrogen-bond acceptors (Lipinski definition) is 4. The van der Waals surface area contributed by atoms with Gasteiger partial charge in [-0.2, -0.15) is 0 Å². The molecule has 0 aliphatic carbocycles. The molecule has 0 saturated carbocycles. The second-order valence-electron chi connectivity index (χ2n) is 6.85. The molecule has 4 aromatic rings. The van der Waals surface area contributed by atoms with Gasteiger partial charge in [-0.25, -0.2) is 0 Å². The Labute approximate surface area is 166 Å². The maximum absolute atomic E-state index is 12.6. The molecule has 5 rings (SSSR count). The fourth-order valence-electron chi connectivity index (χ4n) is 3.39. The number of aromatic amines is 1. The number of aromatic nitrogens is 1. The highest BCUT2D eigenvalue weighted by Crippen LogP contribution is 2.35. The third-order valence-corrected chi connectivity index (χ3v) is 4.87. The van der Waals surface area contributed by atoms with E-state index >= 15 is 0 Å². The van der Waals surface area contributed by atoms with Crippen LogP contribution in [0.4, 0.5) is 0 Å². The number of H-pyrrole nitrogens is 1. The maximum atomic E-state index is 12.6. The summed E-state index contributed by atoms with van der Waals surface area (Å²) in [5.74, 6) is 1.19. The van der Waals surface area contributed by atoms with E-state index in [1.54, 1.807) is 12.1 Å². The minimum Gasteiger partial charge on any atom is -0.508 e. The predicted octanol–water partition coefficient (Wildman–Crippen LogP) is 5.07. The summed E-state index contributed by atoms with van der Waals surface area (Å²) < 4.78 is 11.6. The lowest BCUT2D eigenvalue weighted by Gasteiger charge is -2.06. The number of nitrogens with one attached hydrogen (secondary N) is 1. The van der Waals surface area contributed by atoms with Gasteiger partial charge in [-0.15, -0.1) is 0 Å². The van der Waals surface area contributed by atoms with Crippen molar-refractivity contribution in [2.45, 2.75) is 6.61 Å². The van der Waals surface area contributed by atoms with E-state index in [-0.39, 0.29) is 17.3 Å². The molecule has 0 bridgehead atoms. The fourth-order valence-corrected chi connectivity index (χ4v) is 3.39. The molecule has 3 aromatic carbocycles. The lowest BCUT2D eigenvalue weighted by Crippen LogP contribution is -1.97. The number of hydrogen-bond donors (Lipinski definition) is 2. The summed E-state index contributed by atoms with van der Waals surface area (Å²) >= 11 is 0. The summed E-state index contributed by atoms with van der Waals surface area (Å²) in [6.07, 6.45) is 3.54. The van der Waals surface area contributed by atoms with Crippen LogP contribution in [0.3, 0.4) is 0 Å². The maximum Gasteiger partial charge on any atom is 0.231 e. The molecular weight excluding hydrogens is 366 g/mol. The molecule has 0 radical (unpaired) electrons. The van der Waals surface area contributed by atoms with Gasteiger partial charge < -0.3 is 19.6 Å². The van der Waals surface area contributed by atoms with Crippen molar-refractivity contribution >= 4 is 22.8 Å². The van der Waals surface area contributed by atoms with Crippen LogP contribution in [0.2, 0.25) is 0 Å². The van der Waals surface area contributed by atoms with E-state index in [1.165, 1.54) is 12.1 Å². The molecule has 1 aromatic heterocycles. The van der Waals surface area contributed by atoms with E-state index in [2.05, 4.69) is 4.98 Å². The topological polar surface area (TPSA) is 71.6 Å². The second kappa shape index (κ2) is 6.87. The standard InChI is InChI=1S/C24H17NO4/c26-17-6-8-19-22(11-17)29-23(24(19)27)10-16-13-25-21-9-7-18(12-20(16)21)28-14-15-4-2-1-3-5-15/h1-13,25-26H,14H2/b23-10-. The zero-order valence-electron chi connectivity index (χ0n) is 15.4. The van der Waals surface area contributed by atoms with E-state index in [9.17, 15) is 9.90 Å². The number of carbonyl (C=O) groups excluding carboxylic acids is 1. The summed E-state index contributed by atoms with van der Waals surface area (Å²) in [5, 5.41) is 10.5. The largest absolute Gasteiger partial charge is 0.508 e.